The minimum Gasteiger partial charge on any atom is -0.450 e. The zero-order chi connectivity index (χ0) is 24.4. The van der Waals surface area contributed by atoms with Crippen molar-refractivity contribution in [3.8, 4) is 22.5 Å². The molecule has 0 atom stereocenters. The second kappa shape index (κ2) is 10.0. The lowest BCUT2D eigenvalue weighted by atomic mass is 9.98. The second-order valence-corrected chi connectivity index (χ2v) is 9.45. The van der Waals surface area contributed by atoms with Gasteiger partial charge in [-0.3, -0.25) is 14.7 Å². The number of carbonyl (C=O) groups excluding carboxylic acids is 1. The average Bonchev–Trinajstić information content (AvgIpc) is 3.52. The van der Waals surface area contributed by atoms with Crippen LogP contribution in [0.2, 0.25) is 0 Å². The number of piperazine rings is 1. The molecule has 3 aromatic rings. The number of aromatic nitrogens is 1. The number of fused-ring (bicyclic) bond motifs is 1. The van der Waals surface area contributed by atoms with Gasteiger partial charge < -0.3 is 19.4 Å². The van der Waals surface area contributed by atoms with E-state index in [0.29, 0.717) is 30.3 Å². The molecule has 3 heterocycles. The minimum atomic E-state index is -0.0744. The zero-order valence-corrected chi connectivity index (χ0v) is 20.3. The number of nitrogens with zero attached hydrogens (tertiary/aromatic N) is 5. The number of hydrogen-bond donors (Lipinski definition) is 1. The van der Waals surface area contributed by atoms with Gasteiger partial charge in [-0.2, -0.15) is 0 Å². The SMILES string of the molecule is CN(C)CCN1CCN(C(=O)c2cc(-c3ccc4c(c3)CCC4=NO)c(-c3ccncc3)o2)CC1. The van der Waals surface area contributed by atoms with E-state index in [1.165, 1.54) is 0 Å². The molecule has 1 aliphatic carbocycles. The quantitative estimate of drug-likeness (QED) is 0.436. The Morgan fingerprint density at radius 3 is 2.51 bits per heavy atom. The van der Waals surface area contributed by atoms with E-state index >= 15 is 0 Å². The molecule has 2 aromatic heterocycles. The van der Waals surface area contributed by atoms with Gasteiger partial charge in [-0.05, 0) is 56.3 Å². The summed E-state index contributed by atoms with van der Waals surface area (Å²) in [6.07, 6.45) is 5.00. The van der Waals surface area contributed by atoms with E-state index in [2.05, 4.69) is 40.1 Å². The van der Waals surface area contributed by atoms with Crippen LogP contribution in [-0.4, -0.2) is 89.9 Å². The minimum absolute atomic E-state index is 0.0744. The first-order valence-corrected chi connectivity index (χ1v) is 12.1. The van der Waals surface area contributed by atoms with Gasteiger partial charge in [-0.25, -0.2) is 0 Å². The van der Waals surface area contributed by atoms with Crippen molar-refractivity contribution in [1.82, 2.24) is 19.7 Å². The Labute approximate surface area is 205 Å². The molecule has 1 saturated heterocycles. The highest BCUT2D eigenvalue weighted by molar-refractivity contribution is 6.05. The number of hydrogen-bond acceptors (Lipinski definition) is 7. The summed E-state index contributed by atoms with van der Waals surface area (Å²) in [6, 6.07) is 11.8. The molecule has 1 fully saturated rings. The van der Waals surface area contributed by atoms with E-state index in [1.54, 1.807) is 12.4 Å². The van der Waals surface area contributed by atoms with E-state index in [-0.39, 0.29) is 5.91 Å². The number of oxime groups is 1. The Kier molecular flexibility index (Phi) is 6.66. The van der Waals surface area contributed by atoms with Gasteiger partial charge in [0.1, 0.15) is 5.76 Å². The Bertz CT molecular complexity index is 1230. The molecule has 0 bridgehead atoms. The summed E-state index contributed by atoms with van der Waals surface area (Å²) >= 11 is 0. The van der Waals surface area contributed by atoms with Crippen molar-refractivity contribution >= 4 is 11.6 Å². The van der Waals surface area contributed by atoms with Gasteiger partial charge >= 0.3 is 0 Å². The lowest BCUT2D eigenvalue weighted by molar-refractivity contribution is 0.0600. The smallest absolute Gasteiger partial charge is 0.289 e. The van der Waals surface area contributed by atoms with Crippen LogP contribution in [0.25, 0.3) is 22.5 Å². The van der Waals surface area contributed by atoms with Crippen LogP contribution >= 0.6 is 0 Å². The Morgan fingerprint density at radius 1 is 1.03 bits per heavy atom. The highest BCUT2D eigenvalue weighted by Gasteiger charge is 2.27. The molecule has 2 aliphatic rings. The standard InChI is InChI=1S/C27H31N5O3/c1-30(2)11-12-31-13-15-32(16-14-31)27(33)25-18-23(26(35-25)19-7-9-28-10-8-19)21-3-5-22-20(17-21)4-6-24(22)29-34/h3,5,7-10,17-18,34H,4,6,11-16H2,1-2H3. The number of furan rings is 1. The van der Waals surface area contributed by atoms with Crippen LogP contribution in [0.15, 0.2) is 58.4 Å². The Morgan fingerprint density at radius 2 is 1.80 bits per heavy atom. The van der Waals surface area contributed by atoms with Crippen molar-refractivity contribution < 1.29 is 14.4 Å². The van der Waals surface area contributed by atoms with Crippen molar-refractivity contribution in [2.24, 2.45) is 5.16 Å². The summed E-state index contributed by atoms with van der Waals surface area (Å²) in [4.78, 5) is 24.0. The van der Waals surface area contributed by atoms with Crippen molar-refractivity contribution in [2.75, 3.05) is 53.4 Å². The topological polar surface area (TPSA) is 85.4 Å². The Hall–Kier alpha value is -3.49. The van der Waals surface area contributed by atoms with Gasteiger partial charge in [0.25, 0.3) is 5.91 Å². The first-order valence-electron chi connectivity index (χ1n) is 12.1. The third-order valence-electron chi connectivity index (χ3n) is 6.89. The zero-order valence-electron chi connectivity index (χ0n) is 20.3. The molecule has 0 saturated carbocycles. The Balaban J connectivity index is 1.42. The molecule has 5 rings (SSSR count). The number of rotatable bonds is 6. The van der Waals surface area contributed by atoms with Gasteiger partial charge in [-0.15, -0.1) is 0 Å². The van der Waals surface area contributed by atoms with Gasteiger partial charge in [0.05, 0.1) is 5.71 Å². The van der Waals surface area contributed by atoms with Crippen molar-refractivity contribution in [3.05, 3.63) is 65.7 Å². The summed E-state index contributed by atoms with van der Waals surface area (Å²) < 4.78 is 6.23. The van der Waals surface area contributed by atoms with E-state index < -0.39 is 0 Å². The maximum atomic E-state index is 13.4. The van der Waals surface area contributed by atoms with Gasteiger partial charge in [0, 0.05) is 68.4 Å². The number of aryl methyl sites for hydroxylation is 1. The molecule has 0 spiro atoms. The summed E-state index contributed by atoms with van der Waals surface area (Å²) in [5, 5.41) is 12.7. The third kappa shape index (κ3) is 4.85. The van der Waals surface area contributed by atoms with Crippen molar-refractivity contribution in [1.29, 1.82) is 0 Å². The lowest BCUT2D eigenvalue weighted by Gasteiger charge is -2.34. The maximum absolute atomic E-state index is 13.4. The predicted molar refractivity (Wildman–Crippen MR) is 135 cm³/mol. The molecular formula is C27H31N5O3. The maximum Gasteiger partial charge on any atom is 0.289 e. The lowest BCUT2D eigenvalue weighted by Crippen LogP contribution is -2.49. The number of carbonyl (C=O) groups is 1. The van der Waals surface area contributed by atoms with Crippen LogP contribution in [0, 0.1) is 0 Å². The molecule has 8 nitrogen and oxygen atoms in total. The molecule has 0 radical (unpaired) electrons. The number of likely N-dealkylation sites (N-methyl/N-ethyl adjacent to an activating group) is 1. The fraction of sp³-hybridized carbons (Fsp3) is 0.370. The number of benzene rings is 1. The molecule has 35 heavy (non-hydrogen) atoms. The summed E-state index contributed by atoms with van der Waals surface area (Å²) in [7, 11) is 4.16. The monoisotopic (exact) mass is 473 g/mol. The van der Waals surface area contributed by atoms with E-state index in [1.807, 2.05) is 35.2 Å². The van der Waals surface area contributed by atoms with E-state index in [4.69, 9.17) is 4.42 Å². The third-order valence-corrected chi connectivity index (χ3v) is 6.89. The number of amides is 1. The molecule has 0 unspecified atom stereocenters. The van der Waals surface area contributed by atoms with Crippen LogP contribution in [0.4, 0.5) is 0 Å². The van der Waals surface area contributed by atoms with Crippen molar-refractivity contribution in [3.63, 3.8) is 0 Å². The second-order valence-electron chi connectivity index (χ2n) is 9.45. The first kappa shape index (κ1) is 23.3. The molecule has 182 valence electrons. The summed E-state index contributed by atoms with van der Waals surface area (Å²) in [6.45, 7) is 5.13. The summed E-state index contributed by atoms with van der Waals surface area (Å²) in [5.41, 5.74) is 5.56. The van der Waals surface area contributed by atoms with Crippen LogP contribution < -0.4 is 0 Å². The molecule has 1 amide bonds. The molecule has 1 aliphatic heterocycles. The average molecular weight is 474 g/mol. The fourth-order valence-corrected chi connectivity index (χ4v) is 4.84. The molecular weight excluding hydrogens is 442 g/mol. The predicted octanol–water partition coefficient (Wildman–Crippen LogP) is 3.45. The largest absolute Gasteiger partial charge is 0.450 e. The summed E-state index contributed by atoms with van der Waals surface area (Å²) in [5.74, 6) is 0.940. The van der Waals surface area contributed by atoms with Gasteiger partial charge in [0.15, 0.2) is 5.76 Å². The number of pyridine rings is 1. The van der Waals surface area contributed by atoms with Crippen LogP contribution in [0.3, 0.4) is 0 Å². The molecule has 1 aromatic carbocycles. The molecule has 8 heteroatoms. The van der Waals surface area contributed by atoms with E-state index in [0.717, 1.165) is 66.8 Å². The first-order chi connectivity index (χ1) is 17.0. The van der Waals surface area contributed by atoms with Gasteiger partial charge in [-0.1, -0.05) is 23.4 Å². The normalized spacial score (nSPS) is 17.3. The van der Waals surface area contributed by atoms with Crippen LogP contribution in [0.1, 0.15) is 28.1 Å². The molecule has 1 N–H and O–H groups in total. The fourth-order valence-electron chi connectivity index (χ4n) is 4.84. The highest BCUT2D eigenvalue weighted by atomic mass is 16.4. The van der Waals surface area contributed by atoms with Gasteiger partial charge in [0.2, 0.25) is 0 Å². The van der Waals surface area contributed by atoms with E-state index in [9.17, 15) is 10.0 Å². The van der Waals surface area contributed by atoms with Crippen LogP contribution in [-0.2, 0) is 6.42 Å². The van der Waals surface area contributed by atoms with Crippen molar-refractivity contribution in [2.45, 2.75) is 12.8 Å². The van der Waals surface area contributed by atoms with Crippen LogP contribution in [0.5, 0.6) is 0 Å². The highest BCUT2D eigenvalue weighted by Crippen LogP contribution is 2.37.